The third-order valence-electron chi connectivity index (χ3n) is 5.86. The van der Waals surface area contributed by atoms with Gasteiger partial charge in [-0.3, -0.25) is 4.79 Å². The lowest BCUT2D eigenvalue weighted by molar-refractivity contribution is -0.132. The maximum atomic E-state index is 13.2. The molecule has 1 unspecified atom stereocenters. The zero-order valence-electron chi connectivity index (χ0n) is 16.0. The summed E-state index contributed by atoms with van der Waals surface area (Å²) in [6.45, 7) is 6.25. The Labute approximate surface area is 161 Å². The Bertz CT molecular complexity index is 799. The minimum absolute atomic E-state index is 0.158. The van der Waals surface area contributed by atoms with Gasteiger partial charge in [-0.05, 0) is 49.6 Å². The number of fused-ring (bicyclic) bond motifs is 1. The molecule has 1 atom stereocenters. The van der Waals surface area contributed by atoms with E-state index in [1.165, 1.54) is 11.3 Å². The summed E-state index contributed by atoms with van der Waals surface area (Å²) in [4.78, 5) is 19.8. The fraction of sp³-hybridized carbons (Fsp3) is 0.409. The molecule has 2 heterocycles. The van der Waals surface area contributed by atoms with Crippen LogP contribution in [0.3, 0.4) is 0 Å². The van der Waals surface area contributed by atoms with E-state index in [1.54, 1.807) is 0 Å². The number of benzene rings is 2. The molecule has 1 fully saturated rings. The maximum absolute atomic E-state index is 13.2. The van der Waals surface area contributed by atoms with E-state index in [0.29, 0.717) is 0 Å². The predicted molar refractivity (Wildman–Crippen MR) is 111 cm³/mol. The van der Waals surface area contributed by atoms with Crippen molar-refractivity contribution in [2.75, 3.05) is 48.3 Å². The van der Waals surface area contributed by atoms with E-state index in [1.807, 2.05) is 30.0 Å². The SMILES string of the molecule is CC(C(=O)N1CCN(c2ccccc2)CC1)N1CCCc2c(N)cccc21. The molecule has 0 bridgehead atoms. The van der Waals surface area contributed by atoms with Crippen LogP contribution in [0.2, 0.25) is 0 Å². The topological polar surface area (TPSA) is 52.8 Å². The second kappa shape index (κ2) is 7.51. The first kappa shape index (κ1) is 17.7. The van der Waals surface area contributed by atoms with Crippen molar-refractivity contribution >= 4 is 23.0 Å². The van der Waals surface area contributed by atoms with Gasteiger partial charge in [-0.2, -0.15) is 0 Å². The van der Waals surface area contributed by atoms with E-state index >= 15 is 0 Å². The number of para-hydroxylation sites is 1. The first-order chi connectivity index (χ1) is 13.1. The van der Waals surface area contributed by atoms with Crippen LogP contribution in [0.25, 0.3) is 0 Å². The molecule has 0 spiro atoms. The zero-order chi connectivity index (χ0) is 18.8. The lowest BCUT2D eigenvalue weighted by Gasteiger charge is -2.41. The van der Waals surface area contributed by atoms with Crippen LogP contribution in [0.15, 0.2) is 48.5 Å². The summed E-state index contributed by atoms with van der Waals surface area (Å²) in [5, 5.41) is 0. The smallest absolute Gasteiger partial charge is 0.245 e. The van der Waals surface area contributed by atoms with Crippen molar-refractivity contribution in [3.05, 3.63) is 54.1 Å². The summed E-state index contributed by atoms with van der Waals surface area (Å²) < 4.78 is 0. The highest BCUT2D eigenvalue weighted by molar-refractivity contribution is 5.86. The van der Waals surface area contributed by atoms with Crippen LogP contribution in [-0.4, -0.2) is 49.6 Å². The van der Waals surface area contributed by atoms with Gasteiger partial charge >= 0.3 is 0 Å². The number of carbonyl (C=O) groups excluding carboxylic acids is 1. The molecule has 5 heteroatoms. The molecule has 0 aliphatic carbocycles. The summed E-state index contributed by atoms with van der Waals surface area (Å²) in [6.07, 6.45) is 2.04. The number of carbonyl (C=O) groups is 1. The standard InChI is InChI=1S/C22H28N4O/c1-17(26-12-6-9-19-20(23)10-5-11-21(19)26)22(27)25-15-13-24(14-16-25)18-7-3-2-4-8-18/h2-5,7-8,10-11,17H,6,9,12-16,23H2,1H3. The van der Waals surface area contributed by atoms with Crippen LogP contribution < -0.4 is 15.5 Å². The summed E-state index contributed by atoms with van der Waals surface area (Å²) in [7, 11) is 0. The third kappa shape index (κ3) is 3.46. The number of amides is 1. The molecular weight excluding hydrogens is 336 g/mol. The Hall–Kier alpha value is -2.69. The molecule has 1 saturated heterocycles. The molecule has 1 amide bonds. The van der Waals surface area contributed by atoms with Gasteiger partial charge in [0.25, 0.3) is 0 Å². The van der Waals surface area contributed by atoms with Crippen molar-refractivity contribution in [1.82, 2.24) is 4.90 Å². The summed E-state index contributed by atoms with van der Waals surface area (Å²) in [5.41, 5.74) is 10.6. The lowest BCUT2D eigenvalue weighted by atomic mass is 9.98. The first-order valence-electron chi connectivity index (χ1n) is 9.88. The van der Waals surface area contributed by atoms with Crippen LogP contribution in [-0.2, 0) is 11.2 Å². The predicted octanol–water partition coefficient (Wildman–Crippen LogP) is 2.76. The number of hydrogen-bond acceptors (Lipinski definition) is 4. The monoisotopic (exact) mass is 364 g/mol. The minimum Gasteiger partial charge on any atom is -0.398 e. The number of hydrogen-bond donors (Lipinski definition) is 1. The van der Waals surface area contributed by atoms with Crippen LogP contribution in [0.4, 0.5) is 17.1 Å². The van der Waals surface area contributed by atoms with Crippen molar-refractivity contribution in [3.8, 4) is 0 Å². The summed E-state index contributed by atoms with van der Waals surface area (Å²) >= 11 is 0. The highest BCUT2D eigenvalue weighted by Gasteiger charge is 2.31. The zero-order valence-corrected chi connectivity index (χ0v) is 16.0. The van der Waals surface area contributed by atoms with Gasteiger partial charge in [0.2, 0.25) is 5.91 Å². The Kier molecular flexibility index (Phi) is 4.92. The van der Waals surface area contributed by atoms with Gasteiger partial charge in [-0.25, -0.2) is 0 Å². The molecule has 142 valence electrons. The molecule has 2 aliphatic rings. The average molecular weight is 364 g/mol. The van der Waals surface area contributed by atoms with Gasteiger partial charge in [0.1, 0.15) is 6.04 Å². The van der Waals surface area contributed by atoms with Gasteiger partial charge in [0.05, 0.1) is 0 Å². The maximum Gasteiger partial charge on any atom is 0.245 e. The molecule has 2 N–H and O–H groups in total. The van der Waals surface area contributed by atoms with Gasteiger partial charge in [0.15, 0.2) is 0 Å². The summed E-state index contributed by atoms with van der Waals surface area (Å²) in [6, 6.07) is 16.3. The highest BCUT2D eigenvalue weighted by atomic mass is 16.2. The highest BCUT2D eigenvalue weighted by Crippen LogP contribution is 2.33. The van der Waals surface area contributed by atoms with E-state index < -0.39 is 0 Å². The molecule has 0 aromatic heterocycles. The lowest BCUT2D eigenvalue weighted by Crippen LogP contribution is -2.55. The van der Waals surface area contributed by atoms with Crippen molar-refractivity contribution in [1.29, 1.82) is 0 Å². The number of nitrogens with zero attached hydrogens (tertiary/aromatic N) is 3. The number of nitrogens with two attached hydrogens (primary N) is 1. The molecule has 2 aromatic carbocycles. The van der Waals surface area contributed by atoms with Crippen LogP contribution >= 0.6 is 0 Å². The van der Waals surface area contributed by atoms with Gasteiger partial charge < -0.3 is 20.4 Å². The largest absolute Gasteiger partial charge is 0.398 e. The third-order valence-corrected chi connectivity index (χ3v) is 5.86. The van der Waals surface area contributed by atoms with Crippen molar-refractivity contribution in [2.24, 2.45) is 0 Å². The Morgan fingerprint density at radius 3 is 2.44 bits per heavy atom. The van der Waals surface area contributed by atoms with E-state index in [4.69, 9.17) is 5.73 Å². The fourth-order valence-electron chi connectivity index (χ4n) is 4.30. The molecule has 2 aromatic rings. The van der Waals surface area contributed by atoms with Crippen LogP contribution in [0, 0.1) is 0 Å². The number of piperazine rings is 1. The molecule has 2 aliphatic heterocycles. The molecular formula is C22H28N4O. The Morgan fingerprint density at radius 1 is 0.963 bits per heavy atom. The molecule has 27 heavy (non-hydrogen) atoms. The number of anilines is 3. The Morgan fingerprint density at radius 2 is 1.70 bits per heavy atom. The van der Waals surface area contributed by atoms with Gasteiger partial charge in [0, 0.05) is 49.8 Å². The van der Waals surface area contributed by atoms with E-state index in [2.05, 4.69) is 40.1 Å². The van der Waals surface area contributed by atoms with E-state index in [9.17, 15) is 4.79 Å². The van der Waals surface area contributed by atoms with Gasteiger partial charge in [-0.15, -0.1) is 0 Å². The van der Waals surface area contributed by atoms with Crippen molar-refractivity contribution in [3.63, 3.8) is 0 Å². The minimum atomic E-state index is -0.158. The first-order valence-corrected chi connectivity index (χ1v) is 9.88. The Balaban J connectivity index is 1.43. The average Bonchev–Trinajstić information content (AvgIpc) is 2.73. The van der Waals surface area contributed by atoms with E-state index in [-0.39, 0.29) is 11.9 Å². The quantitative estimate of drug-likeness (QED) is 0.851. The van der Waals surface area contributed by atoms with Crippen molar-refractivity contribution in [2.45, 2.75) is 25.8 Å². The van der Waals surface area contributed by atoms with Gasteiger partial charge in [-0.1, -0.05) is 24.3 Å². The van der Waals surface area contributed by atoms with E-state index in [0.717, 1.165) is 56.9 Å². The second-order valence-corrected chi connectivity index (χ2v) is 7.47. The molecule has 4 rings (SSSR count). The molecule has 5 nitrogen and oxygen atoms in total. The van der Waals surface area contributed by atoms with Crippen LogP contribution in [0.1, 0.15) is 18.9 Å². The number of nitrogen functional groups attached to an aromatic ring is 1. The van der Waals surface area contributed by atoms with Crippen molar-refractivity contribution < 1.29 is 4.79 Å². The van der Waals surface area contributed by atoms with Crippen LogP contribution in [0.5, 0.6) is 0 Å². The number of rotatable bonds is 3. The normalized spacial score (nSPS) is 18.2. The molecule has 0 saturated carbocycles. The summed E-state index contributed by atoms with van der Waals surface area (Å²) in [5.74, 6) is 0.220. The molecule has 0 radical (unpaired) electrons. The second-order valence-electron chi connectivity index (χ2n) is 7.47. The fourth-order valence-corrected chi connectivity index (χ4v) is 4.30.